The summed E-state index contributed by atoms with van der Waals surface area (Å²) in [5.74, 6) is -0.00955. The summed E-state index contributed by atoms with van der Waals surface area (Å²) in [6.07, 6.45) is 0. The van der Waals surface area contributed by atoms with Gasteiger partial charge in [-0.2, -0.15) is 0 Å². The Balaban J connectivity index is 1.94. The van der Waals surface area contributed by atoms with Gasteiger partial charge in [-0.05, 0) is 42.3 Å². The van der Waals surface area contributed by atoms with Crippen LogP contribution in [0.1, 0.15) is 11.5 Å². The standard InChI is InChI=1S/C16H16BrNO2S/c17-12-8-6-11(7-9-12)15-14(10-18)16(15)21(19,20)13-4-2-1-3-5-13/h1-9,14-16H,10,18H2/t14-,15-,16+/m0/s1. The zero-order valence-electron chi connectivity index (χ0n) is 11.3. The summed E-state index contributed by atoms with van der Waals surface area (Å²) >= 11 is 3.40. The Hall–Kier alpha value is -1.17. The third-order valence-electron chi connectivity index (χ3n) is 4.05. The van der Waals surface area contributed by atoms with Gasteiger partial charge < -0.3 is 5.73 Å². The maximum absolute atomic E-state index is 12.7. The number of rotatable bonds is 4. The molecule has 0 heterocycles. The van der Waals surface area contributed by atoms with E-state index in [0.717, 1.165) is 10.0 Å². The molecule has 5 heteroatoms. The van der Waals surface area contributed by atoms with Crippen LogP contribution >= 0.6 is 15.9 Å². The summed E-state index contributed by atoms with van der Waals surface area (Å²) in [5, 5.41) is -0.411. The number of hydrogen-bond acceptors (Lipinski definition) is 3. The first kappa shape index (κ1) is 14.8. The number of sulfone groups is 1. The van der Waals surface area contributed by atoms with Crippen LogP contribution in [0.25, 0.3) is 0 Å². The van der Waals surface area contributed by atoms with Gasteiger partial charge >= 0.3 is 0 Å². The molecule has 1 aliphatic carbocycles. The molecule has 0 radical (unpaired) electrons. The summed E-state index contributed by atoms with van der Waals surface area (Å²) in [4.78, 5) is 0.382. The van der Waals surface area contributed by atoms with Gasteiger partial charge in [0.05, 0.1) is 10.1 Å². The van der Waals surface area contributed by atoms with Gasteiger partial charge in [0.2, 0.25) is 0 Å². The van der Waals surface area contributed by atoms with E-state index in [0.29, 0.717) is 11.4 Å². The van der Waals surface area contributed by atoms with Gasteiger partial charge in [-0.3, -0.25) is 0 Å². The van der Waals surface area contributed by atoms with Crippen molar-refractivity contribution in [3.63, 3.8) is 0 Å². The van der Waals surface area contributed by atoms with Gasteiger partial charge in [-0.25, -0.2) is 8.42 Å². The van der Waals surface area contributed by atoms with E-state index in [2.05, 4.69) is 15.9 Å². The van der Waals surface area contributed by atoms with Crippen LogP contribution in [-0.2, 0) is 9.84 Å². The first-order chi connectivity index (χ1) is 10.1. The van der Waals surface area contributed by atoms with Crippen molar-refractivity contribution in [2.45, 2.75) is 16.1 Å². The Morgan fingerprint density at radius 2 is 1.62 bits per heavy atom. The molecule has 0 saturated heterocycles. The highest BCUT2D eigenvalue weighted by molar-refractivity contribution is 9.10. The molecular weight excluding hydrogens is 350 g/mol. The Bertz CT molecular complexity index is 729. The Morgan fingerprint density at radius 1 is 1.00 bits per heavy atom. The fraction of sp³-hybridized carbons (Fsp3) is 0.250. The summed E-state index contributed by atoms with van der Waals surface area (Å²) in [5.41, 5.74) is 6.82. The third kappa shape index (κ3) is 2.65. The lowest BCUT2D eigenvalue weighted by Crippen LogP contribution is -2.13. The van der Waals surface area contributed by atoms with Crippen LogP contribution in [0.5, 0.6) is 0 Å². The Morgan fingerprint density at radius 3 is 2.19 bits per heavy atom. The molecule has 3 nitrogen and oxygen atoms in total. The second-order valence-corrected chi connectivity index (χ2v) is 8.32. The minimum absolute atomic E-state index is 0.00335. The molecule has 0 bridgehead atoms. The molecule has 1 aliphatic rings. The van der Waals surface area contributed by atoms with Crippen LogP contribution in [0.3, 0.4) is 0 Å². The van der Waals surface area contributed by atoms with Crippen LogP contribution in [0, 0.1) is 5.92 Å². The van der Waals surface area contributed by atoms with Crippen molar-refractivity contribution in [2.24, 2.45) is 11.7 Å². The molecule has 110 valence electrons. The fourth-order valence-electron chi connectivity index (χ4n) is 2.94. The molecule has 1 fully saturated rings. The van der Waals surface area contributed by atoms with E-state index in [1.807, 2.05) is 30.3 Å². The van der Waals surface area contributed by atoms with Gasteiger partial charge in [0.25, 0.3) is 0 Å². The molecule has 0 aromatic heterocycles. The van der Waals surface area contributed by atoms with Crippen molar-refractivity contribution in [2.75, 3.05) is 6.54 Å². The van der Waals surface area contributed by atoms with Crippen molar-refractivity contribution in [3.8, 4) is 0 Å². The maximum atomic E-state index is 12.7. The minimum atomic E-state index is -3.33. The average molecular weight is 366 g/mol. The maximum Gasteiger partial charge on any atom is 0.182 e. The highest BCUT2D eigenvalue weighted by atomic mass is 79.9. The lowest BCUT2D eigenvalue weighted by Gasteiger charge is -2.04. The second-order valence-electron chi connectivity index (χ2n) is 5.30. The quantitative estimate of drug-likeness (QED) is 0.905. The lowest BCUT2D eigenvalue weighted by molar-refractivity contribution is 0.591. The van der Waals surface area contributed by atoms with Crippen molar-refractivity contribution in [1.82, 2.24) is 0 Å². The monoisotopic (exact) mass is 365 g/mol. The normalized spacial score (nSPS) is 24.8. The topological polar surface area (TPSA) is 60.2 Å². The summed E-state index contributed by atoms with van der Waals surface area (Å²) in [6.45, 7) is 0.386. The molecule has 0 unspecified atom stereocenters. The van der Waals surface area contributed by atoms with Crippen molar-refractivity contribution in [3.05, 3.63) is 64.6 Å². The van der Waals surface area contributed by atoms with Crippen LogP contribution < -0.4 is 5.73 Å². The van der Waals surface area contributed by atoms with E-state index < -0.39 is 15.1 Å². The predicted molar refractivity (Wildman–Crippen MR) is 86.8 cm³/mol. The van der Waals surface area contributed by atoms with E-state index in [4.69, 9.17) is 5.73 Å². The van der Waals surface area contributed by atoms with Crippen LogP contribution in [0.2, 0.25) is 0 Å². The van der Waals surface area contributed by atoms with Gasteiger partial charge in [-0.1, -0.05) is 46.3 Å². The van der Waals surface area contributed by atoms with Crippen LogP contribution in [0.4, 0.5) is 0 Å². The van der Waals surface area contributed by atoms with E-state index in [1.165, 1.54) is 0 Å². The van der Waals surface area contributed by atoms with Crippen molar-refractivity contribution >= 4 is 25.8 Å². The van der Waals surface area contributed by atoms with Gasteiger partial charge in [-0.15, -0.1) is 0 Å². The molecule has 0 aliphatic heterocycles. The molecule has 2 aromatic rings. The van der Waals surface area contributed by atoms with Gasteiger partial charge in [0.15, 0.2) is 9.84 Å². The first-order valence-electron chi connectivity index (χ1n) is 6.80. The van der Waals surface area contributed by atoms with Crippen molar-refractivity contribution < 1.29 is 8.42 Å². The smallest absolute Gasteiger partial charge is 0.182 e. The van der Waals surface area contributed by atoms with E-state index in [-0.39, 0.29) is 11.8 Å². The Kier molecular flexibility index (Phi) is 3.90. The second kappa shape index (κ2) is 5.55. The predicted octanol–water partition coefficient (Wildman–Crippen LogP) is 2.96. The minimum Gasteiger partial charge on any atom is -0.330 e. The molecule has 0 spiro atoms. The SMILES string of the molecule is NC[C@H]1[C@H](c2ccc(Br)cc2)[C@@H]1S(=O)(=O)c1ccccc1. The molecule has 3 rings (SSSR count). The number of halogens is 1. The van der Waals surface area contributed by atoms with Gasteiger partial charge in [0, 0.05) is 10.4 Å². The highest BCUT2D eigenvalue weighted by Gasteiger charge is 2.57. The van der Waals surface area contributed by atoms with Crippen LogP contribution in [0.15, 0.2) is 64.0 Å². The molecule has 1 saturated carbocycles. The molecule has 2 aromatic carbocycles. The number of nitrogens with two attached hydrogens (primary N) is 1. The lowest BCUT2D eigenvalue weighted by atomic mass is 10.1. The summed E-state index contributed by atoms with van der Waals surface area (Å²) in [7, 11) is -3.33. The number of hydrogen-bond donors (Lipinski definition) is 1. The Labute approximate surface area is 133 Å². The van der Waals surface area contributed by atoms with E-state index >= 15 is 0 Å². The van der Waals surface area contributed by atoms with Crippen molar-refractivity contribution in [1.29, 1.82) is 0 Å². The van der Waals surface area contributed by atoms with E-state index in [1.54, 1.807) is 24.3 Å². The molecule has 0 amide bonds. The first-order valence-corrected chi connectivity index (χ1v) is 9.14. The third-order valence-corrected chi connectivity index (χ3v) is 6.87. The summed E-state index contributed by atoms with van der Waals surface area (Å²) < 4.78 is 26.5. The van der Waals surface area contributed by atoms with Crippen LogP contribution in [-0.4, -0.2) is 20.2 Å². The van der Waals surface area contributed by atoms with E-state index in [9.17, 15) is 8.42 Å². The molecule has 21 heavy (non-hydrogen) atoms. The average Bonchev–Trinajstić information content (AvgIpc) is 3.24. The molecular formula is C16H16BrNO2S. The number of benzene rings is 2. The van der Waals surface area contributed by atoms with Gasteiger partial charge in [0.1, 0.15) is 0 Å². The zero-order valence-corrected chi connectivity index (χ0v) is 13.7. The zero-order chi connectivity index (χ0) is 15.0. The molecule has 2 N–H and O–H groups in total. The largest absolute Gasteiger partial charge is 0.330 e. The summed E-state index contributed by atoms with van der Waals surface area (Å²) in [6, 6.07) is 16.4. The fourth-order valence-corrected chi connectivity index (χ4v) is 5.45. The molecule has 3 atom stereocenters. The highest BCUT2D eigenvalue weighted by Crippen LogP contribution is 2.53.